The van der Waals surface area contributed by atoms with Crippen LogP contribution in [0.1, 0.15) is 17.3 Å². The number of benzene rings is 1. The molecule has 0 amide bonds. The molecule has 1 aromatic heterocycles. The number of rotatable bonds is 4. The van der Waals surface area contributed by atoms with Crippen LogP contribution in [0.3, 0.4) is 0 Å². The summed E-state index contributed by atoms with van der Waals surface area (Å²) in [5.41, 5.74) is 1.23. The van der Waals surface area contributed by atoms with Crippen molar-refractivity contribution in [2.24, 2.45) is 0 Å². The first kappa shape index (κ1) is 14.6. The molecule has 1 N–H and O–H groups in total. The lowest BCUT2D eigenvalue weighted by molar-refractivity contribution is 0.0692. The highest BCUT2D eigenvalue weighted by atomic mass is 35.5. The molecule has 1 heterocycles. The number of pyridine rings is 1. The highest BCUT2D eigenvalue weighted by molar-refractivity contribution is 6.42. The summed E-state index contributed by atoms with van der Waals surface area (Å²) in [6.07, 6.45) is 1.39. The van der Waals surface area contributed by atoms with E-state index in [2.05, 4.69) is 4.98 Å². The highest BCUT2D eigenvalue weighted by Gasteiger charge is 2.14. The molecular formula is C14H11Cl2NO3. The van der Waals surface area contributed by atoms with Gasteiger partial charge in [0, 0.05) is 5.56 Å². The van der Waals surface area contributed by atoms with Gasteiger partial charge in [-0.15, -0.1) is 0 Å². The van der Waals surface area contributed by atoms with Crippen LogP contribution in [0.25, 0.3) is 11.3 Å². The summed E-state index contributed by atoms with van der Waals surface area (Å²) in [7, 11) is 0. The summed E-state index contributed by atoms with van der Waals surface area (Å²) in [4.78, 5) is 15.4. The second-order valence-electron chi connectivity index (χ2n) is 3.93. The molecule has 20 heavy (non-hydrogen) atoms. The van der Waals surface area contributed by atoms with Gasteiger partial charge in [0.1, 0.15) is 5.56 Å². The number of aromatic carboxylic acids is 1. The van der Waals surface area contributed by atoms with Gasteiger partial charge in [-0.25, -0.2) is 4.79 Å². The molecule has 2 aromatic rings. The SMILES string of the molecule is CCOc1cnc(-c2ccc(Cl)c(Cl)c2)cc1C(=O)O. The van der Waals surface area contributed by atoms with Crippen molar-refractivity contribution in [3.8, 4) is 17.0 Å². The molecule has 6 heteroatoms. The molecule has 0 atom stereocenters. The summed E-state index contributed by atoms with van der Waals surface area (Å²) in [5.74, 6) is -0.832. The van der Waals surface area contributed by atoms with Crippen molar-refractivity contribution < 1.29 is 14.6 Å². The molecule has 0 spiro atoms. The van der Waals surface area contributed by atoms with Gasteiger partial charge in [-0.3, -0.25) is 4.98 Å². The lowest BCUT2D eigenvalue weighted by Crippen LogP contribution is -2.04. The van der Waals surface area contributed by atoms with Crippen LogP contribution < -0.4 is 4.74 Å². The van der Waals surface area contributed by atoms with Crippen molar-refractivity contribution in [3.63, 3.8) is 0 Å². The summed E-state index contributed by atoms with van der Waals surface area (Å²) in [5, 5.41) is 10.0. The number of carboxylic acid groups (broad SMARTS) is 1. The molecule has 0 fully saturated rings. The van der Waals surface area contributed by atoms with Gasteiger partial charge in [-0.2, -0.15) is 0 Å². The largest absolute Gasteiger partial charge is 0.491 e. The van der Waals surface area contributed by atoms with Crippen LogP contribution in [-0.4, -0.2) is 22.7 Å². The number of hydrogen-bond donors (Lipinski definition) is 1. The number of carboxylic acids is 1. The average molecular weight is 312 g/mol. The van der Waals surface area contributed by atoms with Gasteiger partial charge in [0.25, 0.3) is 0 Å². The topological polar surface area (TPSA) is 59.4 Å². The molecule has 0 unspecified atom stereocenters. The first-order valence-electron chi connectivity index (χ1n) is 5.84. The van der Waals surface area contributed by atoms with Gasteiger partial charge >= 0.3 is 5.97 Å². The van der Waals surface area contributed by atoms with E-state index in [1.54, 1.807) is 25.1 Å². The molecule has 0 aliphatic heterocycles. The minimum atomic E-state index is -1.07. The van der Waals surface area contributed by atoms with E-state index in [1.807, 2.05) is 0 Å². The molecular weight excluding hydrogens is 301 g/mol. The molecule has 0 saturated carbocycles. The fourth-order valence-electron chi connectivity index (χ4n) is 1.69. The molecule has 0 saturated heterocycles. The lowest BCUT2D eigenvalue weighted by atomic mass is 10.1. The van der Waals surface area contributed by atoms with Crippen LogP contribution in [-0.2, 0) is 0 Å². The Balaban J connectivity index is 2.49. The zero-order valence-corrected chi connectivity index (χ0v) is 12.1. The van der Waals surface area contributed by atoms with Crippen molar-refractivity contribution in [1.29, 1.82) is 0 Å². The maximum atomic E-state index is 11.2. The van der Waals surface area contributed by atoms with E-state index in [4.69, 9.17) is 27.9 Å². The quantitative estimate of drug-likeness (QED) is 0.921. The van der Waals surface area contributed by atoms with E-state index in [0.717, 1.165) is 0 Å². The van der Waals surface area contributed by atoms with Gasteiger partial charge in [0.2, 0.25) is 0 Å². The highest BCUT2D eigenvalue weighted by Crippen LogP contribution is 2.29. The Morgan fingerprint density at radius 1 is 1.30 bits per heavy atom. The molecule has 0 aliphatic carbocycles. The van der Waals surface area contributed by atoms with Crippen LogP contribution in [0.4, 0.5) is 0 Å². The minimum absolute atomic E-state index is 0.0583. The first-order valence-corrected chi connectivity index (χ1v) is 6.60. The maximum Gasteiger partial charge on any atom is 0.339 e. The van der Waals surface area contributed by atoms with E-state index in [1.165, 1.54) is 12.3 Å². The minimum Gasteiger partial charge on any atom is -0.491 e. The predicted molar refractivity (Wildman–Crippen MR) is 77.8 cm³/mol. The summed E-state index contributed by atoms with van der Waals surface area (Å²) in [6.45, 7) is 2.15. The van der Waals surface area contributed by atoms with Crippen LogP contribution in [0, 0.1) is 0 Å². The maximum absolute atomic E-state index is 11.2. The molecule has 2 rings (SSSR count). The monoisotopic (exact) mass is 311 g/mol. The number of halogens is 2. The predicted octanol–water partition coefficient (Wildman–Crippen LogP) is 4.15. The van der Waals surface area contributed by atoms with Crippen molar-refractivity contribution >= 4 is 29.2 Å². The number of aromatic nitrogens is 1. The number of ether oxygens (including phenoxy) is 1. The van der Waals surface area contributed by atoms with Crippen molar-refractivity contribution in [2.45, 2.75) is 6.92 Å². The molecule has 0 bridgehead atoms. The van der Waals surface area contributed by atoms with E-state index >= 15 is 0 Å². The standard InChI is InChI=1S/C14H11Cl2NO3/c1-2-20-13-7-17-12(6-9(13)14(18)19)8-3-4-10(15)11(16)5-8/h3-7H,2H2,1H3,(H,18,19). The summed E-state index contributed by atoms with van der Waals surface area (Å²) >= 11 is 11.8. The second kappa shape index (κ2) is 6.11. The van der Waals surface area contributed by atoms with Gasteiger partial charge < -0.3 is 9.84 Å². The van der Waals surface area contributed by atoms with Gasteiger partial charge in [0.05, 0.1) is 28.5 Å². The molecule has 0 radical (unpaired) electrons. The van der Waals surface area contributed by atoms with Gasteiger partial charge in [-0.1, -0.05) is 29.3 Å². The van der Waals surface area contributed by atoms with Crippen molar-refractivity contribution in [3.05, 3.63) is 46.1 Å². The van der Waals surface area contributed by atoms with E-state index < -0.39 is 5.97 Å². The summed E-state index contributed by atoms with van der Waals surface area (Å²) in [6, 6.07) is 6.45. The third-order valence-electron chi connectivity index (χ3n) is 2.61. The Kier molecular flexibility index (Phi) is 4.47. The Labute approximate surface area is 125 Å². The van der Waals surface area contributed by atoms with Crippen LogP contribution in [0.15, 0.2) is 30.5 Å². The zero-order chi connectivity index (χ0) is 14.7. The van der Waals surface area contributed by atoms with Crippen molar-refractivity contribution in [2.75, 3.05) is 6.61 Å². The Hall–Kier alpha value is -1.78. The normalized spacial score (nSPS) is 10.3. The zero-order valence-electron chi connectivity index (χ0n) is 10.6. The van der Waals surface area contributed by atoms with E-state index in [0.29, 0.717) is 27.9 Å². The average Bonchev–Trinajstić information content (AvgIpc) is 2.42. The summed E-state index contributed by atoms with van der Waals surface area (Å²) < 4.78 is 5.24. The van der Waals surface area contributed by atoms with Crippen LogP contribution in [0.2, 0.25) is 10.0 Å². The third kappa shape index (κ3) is 3.03. The Morgan fingerprint density at radius 3 is 2.65 bits per heavy atom. The number of hydrogen-bond acceptors (Lipinski definition) is 3. The Bertz CT molecular complexity index is 659. The van der Waals surface area contributed by atoms with Gasteiger partial charge in [-0.05, 0) is 25.1 Å². The fraction of sp³-hybridized carbons (Fsp3) is 0.143. The van der Waals surface area contributed by atoms with Crippen molar-refractivity contribution in [1.82, 2.24) is 4.98 Å². The van der Waals surface area contributed by atoms with Gasteiger partial charge in [0.15, 0.2) is 5.75 Å². The molecule has 1 aromatic carbocycles. The van der Waals surface area contributed by atoms with E-state index in [9.17, 15) is 9.90 Å². The molecule has 0 aliphatic rings. The number of nitrogens with zero attached hydrogens (tertiary/aromatic N) is 1. The fourth-order valence-corrected chi connectivity index (χ4v) is 1.99. The molecule has 104 valence electrons. The van der Waals surface area contributed by atoms with Crippen LogP contribution >= 0.6 is 23.2 Å². The molecule has 4 nitrogen and oxygen atoms in total. The smallest absolute Gasteiger partial charge is 0.339 e. The lowest BCUT2D eigenvalue weighted by Gasteiger charge is -2.09. The van der Waals surface area contributed by atoms with Crippen LogP contribution in [0.5, 0.6) is 5.75 Å². The third-order valence-corrected chi connectivity index (χ3v) is 3.35. The Morgan fingerprint density at radius 2 is 2.05 bits per heavy atom. The number of carbonyl (C=O) groups is 1. The van der Waals surface area contributed by atoms with E-state index in [-0.39, 0.29) is 11.3 Å². The first-order chi connectivity index (χ1) is 9.52. The second-order valence-corrected chi connectivity index (χ2v) is 4.75.